The van der Waals surface area contributed by atoms with Gasteiger partial charge in [-0.05, 0) is 73.9 Å². The fourth-order valence-corrected chi connectivity index (χ4v) is 3.75. The van der Waals surface area contributed by atoms with Crippen LogP contribution in [-0.2, 0) is 34.0 Å². The fraction of sp³-hybridized carbons (Fsp3) is 0.321. The maximum Gasteiger partial charge on any atom is 0.277 e. The molecule has 0 aromatic heterocycles. The van der Waals surface area contributed by atoms with Crippen LogP contribution >= 0.6 is 0 Å². The lowest BCUT2D eigenvalue weighted by Crippen LogP contribution is -3.00. The lowest BCUT2D eigenvalue weighted by Gasteiger charge is -2.24. The topological polar surface area (TPSA) is 63.1 Å². The average molecular weight is 511 g/mol. The fourth-order valence-electron chi connectivity index (χ4n) is 3.75. The standard InChI is InChI=1S/C28H34N4O3.ClH/c1-4-33-19-22-7-13-25(14-8-22)28-29-31(26-15-9-23(10-16-26)20-34-5-2)32(30-28)27-17-11-24(12-18-27)21-35-6-3;/h7-18H,4-6,19-21H2,1-3H3,(H,29,30);1H. The van der Waals surface area contributed by atoms with E-state index in [4.69, 9.17) is 19.3 Å². The number of hydrazine groups is 1. The third-order valence-corrected chi connectivity index (χ3v) is 5.69. The molecule has 3 aromatic carbocycles. The number of quaternary nitrogens is 1. The second kappa shape index (κ2) is 14.0. The molecule has 8 heteroatoms. The molecule has 0 unspecified atom stereocenters. The van der Waals surface area contributed by atoms with Gasteiger partial charge in [0.25, 0.3) is 5.84 Å². The molecule has 36 heavy (non-hydrogen) atoms. The Morgan fingerprint density at radius 3 is 1.47 bits per heavy atom. The minimum absolute atomic E-state index is 0. The highest BCUT2D eigenvalue weighted by molar-refractivity contribution is 5.94. The van der Waals surface area contributed by atoms with Gasteiger partial charge in [-0.1, -0.05) is 41.5 Å². The molecule has 0 fully saturated rings. The molecule has 0 radical (unpaired) electrons. The number of nitrogens with zero attached hydrogens (tertiary/aromatic N) is 3. The number of hydrazone groups is 1. The van der Waals surface area contributed by atoms with Crippen molar-refractivity contribution in [3.63, 3.8) is 0 Å². The van der Waals surface area contributed by atoms with E-state index in [0.29, 0.717) is 39.6 Å². The lowest BCUT2D eigenvalue weighted by atomic mass is 10.1. The van der Waals surface area contributed by atoms with Crippen LogP contribution in [0.25, 0.3) is 0 Å². The quantitative estimate of drug-likeness (QED) is 0.373. The Labute approximate surface area is 220 Å². The maximum absolute atomic E-state index is 5.55. The summed E-state index contributed by atoms with van der Waals surface area (Å²) in [6.45, 7) is 9.97. The van der Waals surface area contributed by atoms with E-state index >= 15 is 0 Å². The van der Waals surface area contributed by atoms with Crippen LogP contribution in [0.4, 0.5) is 11.4 Å². The second-order valence-corrected chi connectivity index (χ2v) is 8.19. The van der Waals surface area contributed by atoms with E-state index in [9.17, 15) is 0 Å². The number of ether oxygens (including phenoxy) is 3. The summed E-state index contributed by atoms with van der Waals surface area (Å²) in [5, 5.41) is 8.99. The molecule has 0 bridgehead atoms. The smallest absolute Gasteiger partial charge is 0.277 e. The summed E-state index contributed by atoms with van der Waals surface area (Å²) in [5.74, 6) is 0.893. The van der Waals surface area contributed by atoms with Crippen LogP contribution in [-0.4, -0.2) is 25.7 Å². The summed E-state index contributed by atoms with van der Waals surface area (Å²) in [5.41, 5.74) is 8.56. The molecule has 2 N–H and O–H groups in total. The van der Waals surface area contributed by atoms with E-state index in [1.54, 1.807) is 0 Å². The van der Waals surface area contributed by atoms with Crippen LogP contribution in [0.3, 0.4) is 0 Å². The average Bonchev–Trinajstić information content (AvgIpc) is 3.36. The number of anilines is 2. The zero-order valence-electron chi connectivity index (χ0n) is 21.2. The highest BCUT2D eigenvalue weighted by Crippen LogP contribution is 2.24. The molecule has 4 rings (SSSR count). The number of hydrogen-bond acceptors (Lipinski definition) is 6. The molecule has 0 saturated carbocycles. The number of halogens is 1. The highest BCUT2D eigenvalue weighted by Gasteiger charge is 2.31. The predicted octanol–water partition coefficient (Wildman–Crippen LogP) is 1.38. The third-order valence-electron chi connectivity index (χ3n) is 5.69. The predicted molar refractivity (Wildman–Crippen MR) is 139 cm³/mol. The first-order chi connectivity index (χ1) is 17.2. The van der Waals surface area contributed by atoms with Crippen LogP contribution < -0.4 is 28.1 Å². The molecule has 0 spiro atoms. The van der Waals surface area contributed by atoms with Gasteiger partial charge in [0.1, 0.15) is 5.69 Å². The van der Waals surface area contributed by atoms with Gasteiger partial charge in [-0.3, -0.25) is 0 Å². The molecule has 0 amide bonds. The number of hydrogen-bond donors (Lipinski definition) is 1. The van der Waals surface area contributed by atoms with Crippen LogP contribution in [0.15, 0.2) is 77.9 Å². The van der Waals surface area contributed by atoms with E-state index in [0.717, 1.165) is 39.5 Å². The maximum atomic E-state index is 5.55. The summed E-state index contributed by atoms with van der Waals surface area (Å²) in [7, 11) is 0. The van der Waals surface area contributed by atoms with Gasteiger partial charge < -0.3 is 26.6 Å². The van der Waals surface area contributed by atoms with E-state index in [-0.39, 0.29) is 12.4 Å². The zero-order chi connectivity index (χ0) is 24.5. The Kier molecular flexibility index (Phi) is 10.7. The van der Waals surface area contributed by atoms with E-state index < -0.39 is 0 Å². The first kappa shape index (κ1) is 27.6. The largest absolute Gasteiger partial charge is 1.00 e. The second-order valence-electron chi connectivity index (χ2n) is 8.19. The van der Waals surface area contributed by atoms with Crippen molar-refractivity contribution < 1.29 is 32.0 Å². The molecule has 0 aliphatic carbocycles. The molecule has 1 aliphatic rings. The van der Waals surface area contributed by atoms with Crippen molar-refractivity contribution in [1.82, 2.24) is 0 Å². The van der Waals surface area contributed by atoms with E-state index in [1.807, 2.05) is 25.9 Å². The van der Waals surface area contributed by atoms with Crippen molar-refractivity contribution in [2.24, 2.45) is 5.10 Å². The number of nitrogens with two attached hydrogens (primary N) is 1. The van der Waals surface area contributed by atoms with Gasteiger partial charge in [-0.15, -0.1) is 10.2 Å². The molecule has 1 aliphatic heterocycles. The molecule has 3 aromatic rings. The molecular weight excluding hydrogens is 476 g/mol. The SMILES string of the molecule is CCOCc1ccc(C2=NN(c3ccc(COCC)cc3)N(c3ccc(COCC)cc3)[NH2+]2)cc1.[Cl-]. The number of benzene rings is 3. The molecule has 192 valence electrons. The van der Waals surface area contributed by atoms with E-state index in [2.05, 4.69) is 83.3 Å². The summed E-state index contributed by atoms with van der Waals surface area (Å²) >= 11 is 0. The van der Waals surface area contributed by atoms with Crippen LogP contribution in [0.2, 0.25) is 0 Å². The summed E-state index contributed by atoms with van der Waals surface area (Å²) in [6.07, 6.45) is 0. The van der Waals surface area contributed by atoms with Gasteiger partial charge in [0.15, 0.2) is 0 Å². The lowest BCUT2D eigenvalue weighted by molar-refractivity contribution is -0.545. The molecule has 0 atom stereocenters. The third kappa shape index (κ3) is 7.06. The van der Waals surface area contributed by atoms with Crippen molar-refractivity contribution >= 4 is 17.2 Å². The first-order valence-electron chi connectivity index (χ1n) is 12.2. The number of rotatable bonds is 12. The minimum Gasteiger partial charge on any atom is -1.00 e. The van der Waals surface area contributed by atoms with Gasteiger partial charge in [0.2, 0.25) is 0 Å². The van der Waals surface area contributed by atoms with Gasteiger partial charge in [-0.25, -0.2) is 0 Å². The van der Waals surface area contributed by atoms with Gasteiger partial charge >= 0.3 is 0 Å². The van der Waals surface area contributed by atoms with Crippen molar-refractivity contribution in [2.75, 3.05) is 30.1 Å². The van der Waals surface area contributed by atoms with Crippen LogP contribution in [0.1, 0.15) is 43.0 Å². The highest BCUT2D eigenvalue weighted by atomic mass is 35.5. The van der Waals surface area contributed by atoms with Crippen molar-refractivity contribution in [3.8, 4) is 0 Å². The first-order valence-corrected chi connectivity index (χ1v) is 12.2. The number of amidine groups is 1. The van der Waals surface area contributed by atoms with Crippen molar-refractivity contribution in [1.29, 1.82) is 0 Å². The molecule has 1 heterocycles. The summed E-state index contributed by atoms with van der Waals surface area (Å²) < 4.78 is 16.6. The van der Waals surface area contributed by atoms with Crippen molar-refractivity contribution in [3.05, 3.63) is 95.1 Å². The normalized spacial score (nSPS) is 13.0. The van der Waals surface area contributed by atoms with E-state index in [1.165, 1.54) is 0 Å². The Bertz CT molecular complexity index is 1090. The van der Waals surface area contributed by atoms with Crippen LogP contribution in [0.5, 0.6) is 0 Å². The zero-order valence-corrected chi connectivity index (χ0v) is 21.9. The Morgan fingerprint density at radius 1 is 0.611 bits per heavy atom. The minimum atomic E-state index is 0. The Morgan fingerprint density at radius 2 is 1.03 bits per heavy atom. The molecule has 7 nitrogen and oxygen atoms in total. The van der Waals surface area contributed by atoms with Crippen LogP contribution in [0, 0.1) is 0 Å². The molecular formula is C28H35ClN4O3. The van der Waals surface area contributed by atoms with Gasteiger partial charge in [0, 0.05) is 19.8 Å². The summed E-state index contributed by atoms with van der Waals surface area (Å²) in [6, 6.07) is 25.1. The van der Waals surface area contributed by atoms with Gasteiger partial charge in [-0.2, -0.15) is 5.43 Å². The molecule has 0 saturated heterocycles. The summed E-state index contributed by atoms with van der Waals surface area (Å²) in [4.78, 5) is 0. The van der Waals surface area contributed by atoms with Crippen molar-refractivity contribution in [2.45, 2.75) is 40.6 Å². The Balaban J connectivity index is 0.00000361. The monoisotopic (exact) mass is 510 g/mol. The Hall–Kier alpha value is -2.94. The van der Waals surface area contributed by atoms with Gasteiger partial charge in [0.05, 0.1) is 31.1 Å².